The third-order valence-electron chi connectivity index (χ3n) is 5.63. The second kappa shape index (κ2) is 6.12. The normalized spacial score (nSPS) is 29.4. The van der Waals surface area contributed by atoms with E-state index in [1.165, 1.54) is 22.3 Å². The minimum absolute atomic E-state index is 0.220. The molecule has 3 nitrogen and oxygen atoms in total. The lowest BCUT2D eigenvalue weighted by atomic mass is 9.72. The van der Waals surface area contributed by atoms with Gasteiger partial charge in [0.25, 0.3) is 0 Å². The molecule has 1 aromatic carbocycles. The van der Waals surface area contributed by atoms with Gasteiger partial charge in [-0.25, -0.2) is 0 Å². The molecule has 23 heavy (non-hydrogen) atoms. The smallest absolute Gasteiger partial charge is 0.102 e. The van der Waals surface area contributed by atoms with E-state index in [4.69, 9.17) is 15.5 Å². The Labute approximate surface area is 139 Å². The zero-order valence-corrected chi connectivity index (χ0v) is 14.6. The number of ether oxygens (including phenoxy) is 1. The predicted molar refractivity (Wildman–Crippen MR) is 95.7 cm³/mol. The van der Waals surface area contributed by atoms with Gasteiger partial charge in [0.2, 0.25) is 0 Å². The molecule has 1 fully saturated rings. The van der Waals surface area contributed by atoms with Crippen molar-refractivity contribution in [3.8, 4) is 0 Å². The first-order chi connectivity index (χ1) is 10.9. The third-order valence-corrected chi connectivity index (χ3v) is 5.63. The van der Waals surface area contributed by atoms with E-state index in [-0.39, 0.29) is 11.5 Å². The van der Waals surface area contributed by atoms with Crippen molar-refractivity contribution in [3.05, 3.63) is 47.0 Å². The summed E-state index contributed by atoms with van der Waals surface area (Å²) in [5, 5.41) is 0. The Balaban J connectivity index is 1.96. The van der Waals surface area contributed by atoms with Gasteiger partial charge in [0.1, 0.15) is 5.84 Å². The summed E-state index contributed by atoms with van der Waals surface area (Å²) in [5.74, 6) is 1.51. The number of nitrogens with two attached hydrogens (primary N) is 1. The van der Waals surface area contributed by atoms with Crippen molar-refractivity contribution in [3.63, 3.8) is 0 Å². The monoisotopic (exact) mass is 312 g/mol. The van der Waals surface area contributed by atoms with Crippen LogP contribution in [0.5, 0.6) is 0 Å². The van der Waals surface area contributed by atoms with E-state index in [0.717, 1.165) is 38.3 Å². The highest BCUT2D eigenvalue weighted by molar-refractivity contribution is 5.87. The Morgan fingerprint density at radius 1 is 1.26 bits per heavy atom. The van der Waals surface area contributed by atoms with Gasteiger partial charge in [0, 0.05) is 19.1 Å². The van der Waals surface area contributed by atoms with Gasteiger partial charge in [0.15, 0.2) is 0 Å². The second-order valence-electron chi connectivity index (χ2n) is 7.32. The van der Waals surface area contributed by atoms with E-state index >= 15 is 0 Å². The maximum Gasteiger partial charge on any atom is 0.102 e. The van der Waals surface area contributed by atoms with Crippen molar-refractivity contribution in [1.82, 2.24) is 0 Å². The third kappa shape index (κ3) is 2.94. The Kier molecular flexibility index (Phi) is 4.33. The van der Waals surface area contributed by atoms with Crippen LogP contribution in [-0.4, -0.2) is 19.0 Å². The maximum absolute atomic E-state index is 6.45. The van der Waals surface area contributed by atoms with E-state index < -0.39 is 0 Å². The van der Waals surface area contributed by atoms with E-state index in [9.17, 15) is 0 Å². The van der Waals surface area contributed by atoms with Gasteiger partial charge >= 0.3 is 0 Å². The summed E-state index contributed by atoms with van der Waals surface area (Å²) in [7, 11) is 0. The number of rotatable bonds is 2. The molecule has 124 valence electrons. The Morgan fingerprint density at radius 3 is 2.61 bits per heavy atom. The average molecular weight is 312 g/mol. The zero-order chi connectivity index (χ0) is 16.6. The fourth-order valence-electron chi connectivity index (χ4n) is 4.27. The predicted octanol–water partition coefficient (Wildman–Crippen LogP) is 3.88. The van der Waals surface area contributed by atoms with Crippen molar-refractivity contribution in [2.75, 3.05) is 13.2 Å². The molecular formula is C20H28N2O. The molecule has 0 spiro atoms. The SMILES string of the molecule is C=C1C[C@@](C)(c2cccc(C)c2C)N=C(N)C1C1CCOCC1. The Bertz CT molecular complexity index is 643. The van der Waals surface area contributed by atoms with E-state index in [2.05, 4.69) is 45.5 Å². The molecule has 0 radical (unpaired) electrons. The molecule has 1 saturated heterocycles. The van der Waals surface area contributed by atoms with E-state index in [1.807, 2.05) is 0 Å². The average Bonchev–Trinajstić information content (AvgIpc) is 2.50. The highest BCUT2D eigenvalue weighted by atomic mass is 16.5. The van der Waals surface area contributed by atoms with Crippen molar-refractivity contribution >= 4 is 5.84 Å². The quantitative estimate of drug-likeness (QED) is 0.843. The van der Waals surface area contributed by atoms with Gasteiger partial charge < -0.3 is 10.5 Å². The molecule has 1 unspecified atom stereocenters. The summed E-state index contributed by atoms with van der Waals surface area (Å²) >= 11 is 0. The Hall–Kier alpha value is -1.61. The van der Waals surface area contributed by atoms with Crippen LogP contribution in [0.25, 0.3) is 0 Å². The number of hydrogen-bond donors (Lipinski definition) is 1. The van der Waals surface area contributed by atoms with Gasteiger partial charge in [-0.1, -0.05) is 30.4 Å². The van der Waals surface area contributed by atoms with Crippen molar-refractivity contribution < 1.29 is 4.74 Å². The van der Waals surface area contributed by atoms with Crippen LogP contribution >= 0.6 is 0 Å². The molecule has 0 aromatic heterocycles. The number of aryl methyl sites for hydroxylation is 1. The molecule has 0 saturated carbocycles. The lowest BCUT2D eigenvalue weighted by Gasteiger charge is -2.40. The number of aliphatic imine (C=N–C) groups is 1. The van der Waals surface area contributed by atoms with Gasteiger partial charge in [-0.3, -0.25) is 4.99 Å². The molecule has 1 aromatic rings. The lowest BCUT2D eigenvalue weighted by molar-refractivity contribution is 0.0586. The summed E-state index contributed by atoms with van der Waals surface area (Å²) in [6.07, 6.45) is 2.99. The molecular weight excluding hydrogens is 284 g/mol. The van der Waals surface area contributed by atoms with Crippen LogP contribution in [0.3, 0.4) is 0 Å². The second-order valence-corrected chi connectivity index (χ2v) is 7.32. The van der Waals surface area contributed by atoms with Gasteiger partial charge in [-0.15, -0.1) is 0 Å². The summed E-state index contributed by atoms with van der Waals surface area (Å²) in [4.78, 5) is 4.99. The minimum atomic E-state index is -0.293. The van der Waals surface area contributed by atoms with Gasteiger partial charge in [-0.05, 0) is 62.6 Å². The van der Waals surface area contributed by atoms with Crippen LogP contribution in [0.4, 0.5) is 0 Å². The zero-order valence-electron chi connectivity index (χ0n) is 14.6. The highest BCUT2D eigenvalue weighted by Gasteiger charge is 2.39. The van der Waals surface area contributed by atoms with Crippen LogP contribution in [0.2, 0.25) is 0 Å². The first-order valence-electron chi connectivity index (χ1n) is 8.60. The van der Waals surface area contributed by atoms with Crippen molar-refractivity contribution in [1.29, 1.82) is 0 Å². The maximum atomic E-state index is 6.45. The molecule has 2 aliphatic rings. The summed E-state index contributed by atoms with van der Waals surface area (Å²) in [6.45, 7) is 12.6. The first-order valence-corrected chi connectivity index (χ1v) is 8.60. The van der Waals surface area contributed by atoms with Crippen LogP contribution in [0, 0.1) is 25.7 Å². The number of hydrogen-bond acceptors (Lipinski definition) is 3. The molecule has 3 rings (SSSR count). The summed E-state index contributed by atoms with van der Waals surface area (Å²) < 4.78 is 5.49. The largest absolute Gasteiger partial charge is 0.387 e. The molecule has 0 amide bonds. The van der Waals surface area contributed by atoms with Crippen LogP contribution in [0.15, 0.2) is 35.3 Å². The fraction of sp³-hybridized carbons (Fsp3) is 0.550. The number of amidine groups is 1. The lowest BCUT2D eigenvalue weighted by Crippen LogP contribution is -2.42. The van der Waals surface area contributed by atoms with Crippen molar-refractivity contribution in [2.45, 2.75) is 45.6 Å². The minimum Gasteiger partial charge on any atom is -0.387 e. The molecule has 2 heterocycles. The topological polar surface area (TPSA) is 47.6 Å². The number of benzene rings is 1. The van der Waals surface area contributed by atoms with Gasteiger partial charge in [0.05, 0.1) is 5.54 Å². The highest BCUT2D eigenvalue weighted by Crippen LogP contribution is 2.43. The molecule has 3 heteroatoms. The summed E-state index contributed by atoms with van der Waals surface area (Å²) in [6, 6.07) is 6.45. The molecule has 0 aliphatic carbocycles. The Morgan fingerprint density at radius 2 is 1.96 bits per heavy atom. The van der Waals surface area contributed by atoms with Gasteiger partial charge in [-0.2, -0.15) is 0 Å². The summed E-state index contributed by atoms with van der Waals surface area (Å²) in [5.41, 5.74) is 11.3. The standard InChI is InChI=1S/C20H28N2O/c1-13-6-5-7-17(15(13)3)20(4)12-14(2)18(19(21)22-20)16-8-10-23-11-9-16/h5-7,16,18H,2,8-12H2,1,3-4H3,(H2,21,22)/t18?,20-/m0/s1. The molecule has 2 atom stereocenters. The van der Waals surface area contributed by atoms with Crippen molar-refractivity contribution in [2.24, 2.45) is 22.6 Å². The first kappa shape index (κ1) is 16.3. The molecule has 2 N–H and O–H groups in total. The van der Waals surface area contributed by atoms with Crippen LogP contribution < -0.4 is 5.73 Å². The van der Waals surface area contributed by atoms with Crippen LogP contribution in [0.1, 0.15) is 42.9 Å². The molecule has 2 aliphatic heterocycles. The number of nitrogens with zero attached hydrogens (tertiary/aromatic N) is 1. The van der Waals surface area contributed by atoms with E-state index in [0.29, 0.717) is 5.92 Å². The van der Waals surface area contributed by atoms with Crippen LogP contribution in [-0.2, 0) is 10.3 Å². The van der Waals surface area contributed by atoms with E-state index in [1.54, 1.807) is 0 Å². The molecule has 0 bridgehead atoms. The fourth-order valence-corrected chi connectivity index (χ4v) is 4.27.